The highest BCUT2D eigenvalue weighted by Gasteiger charge is 2.19. The minimum absolute atomic E-state index is 0.102. The molecule has 0 fully saturated rings. The number of aromatic nitrogens is 1. The standard InChI is InChI=1S/C22H23FN2O2S/c1-14(2)21(15-4-8-17(23)9-5-15)25-20(26)12-18-13-28-22(24-18)16-6-10-19(27-3)11-7-16/h4-11,13-14,21H,12H2,1-3H3,(H,25,26). The van der Waals surface area contributed by atoms with Crippen molar-refractivity contribution >= 4 is 17.2 Å². The number of carbonyl (C=O) groups is 1. The average molecular weight is 399 g/mol. The van der Waals surface area contributed by atoms with Crippen molar-refractivity contribution in [2.24, 2.45) is 5.92 Å². The van der Waals surface area contributed by atoms with E-state index in [1.165, 1.54) is 23.5 Å². The maximum atomic E-state index is 13.2. The average Bonchev–Trinajstić information content (AvgIpc) is 3.15. The first kappa shape index (κ1) is 20.0. The van der Waals surface area contributed by atoms with Crippen LogP contribution in [0.15, 0.2) is 53.9 Å². The second-order valence-electron chi connectivity index (χ2n) is 6.89. The molecule has 1 atom stereocenters. The Hall–Kier alpha value is -2.73. The molecule has 4 nitrogen and oxygen atoms in total. The highest BCUT2D eigenvalue weighted by molar-refractivity contribution is 7.13. The number of methoxy groups -OCH3 is 1. The van der Waals surface area contributed by atoms with Crippen LogP contribution < -0.4 is 10.1 Å². The van der Waals surface area contributed by atoms with Gasteiger partial charge in [-0.15, -0.1) is 11.3 Å². The van der Waals surface area contributed by atoms with E-state index < -0.39 is 0 Å². The molecule has 0 saturated heterocycles. The van der Waals surface area contributed by atoms with E-state index in [-0.39, 0.29) is 30.1 Å². The number of amides is 1. The fourth-order valence-electron chi connectivity index (χ4n) is 2.95. The molecule has 28 heavy (non-hydrogen) atoms. The molecule has 6 heteroatoms. The van der Waals surface area contributed by atoms with E-state index in [0.717, 1.165) is 27.6 Å². The van der Waals surface area contributed by atoms with Gasteiger partial charge in [-0.25, -0.2) is 9.37 Å². The zero-order chi connectivity index (χ0) is 20.1. The summed E-state index contributed by atoms with van der Waals surface area (Å²) in [4.78, 5) is 17.1. The molecule has 0 bridgehead atoms. The number of ether oxygens (including phenoxy) is 1. The summed E-state index contributed by atoms with van der Waals surface area (Å²) < 4.78 is 18.4. The van der Waals surface area contributed by atoms with Gasteiger partial charge in [-0.2, -0.15) is 0 Å². The number of nitrogens with zero attached hydrogens (tertiary/aromatic N) is 1. The second kappa shape index (κ2) is 8.97. The predicted octanol–water partition coefficient (Wildman–Crippen LogP) is 5.01. The first-order valence-corrected chi connectivity index (χ1v) is 9.98. The molecule has 3 aromatic rings. The van der Waals surface area contributed by atoms with Crippen molar-refractivity contribution in [3.05, 3.63) is 71.0 Å². The van der Waals surface area contributed by atoms with Gasteiger partial charge in [0.1, 0.15) is 16.6 Å². The van der Waals surface area contributed by atoms with Crippen LogP contribution >= 0.6 is 11.3 Å². The van der Waals surface area contributed by atoms with Crippen LogP contribution in [0.25, 0.3) is 10.6 Å². The number of halogens is 1. The SMILES string of the molecule is COc1ccc(-c2nc(CC(=O)NC(c3ccc(F)cc3)C(C)C)cs2)cc1. The molecule has 0 radical (unpaired) electrons. The molecule has 0 saturated carbocycles. The van der Waals surface area contributed by atoms with Crippen LogP contribution in [0.5, 0.6) is 5.75 Å². The molecule has 0 aliphatic rings. The summed E-state index contributed by atoms with van der Waals surface area (Å²) >= 11 is 1.51. The van der Waals surface area contributed by atoms with Crippen molar-refractivity contribution in [2.75, 3.05) is 7.11 Å². The van der Waals surface area contributed by atoms with E-state index in [1.807, 2.05) is 43.5 Å². The summed E-state index contributed by atoms with van der Waals surface area (Å²) in [5.41, 5.74) is 2.61. The zero-order valence-electron chi connectivity index (χ0n) is 16.1. The van der Waals surface area contributed by atoms with Crippen LogP contribution in [0.2, 0.25) is 0 Å². The third-order valence-corrected chi connectivity index (χ3v) is 5.38. The molecule has 0 spiro atoms. The van der Waals surface area contributed by atoms with Gasteiger partial charge in [0.2, 0.25) is 5.91 Å². The fraction of sp³-hybridized carbons (Fsp3) is 0.273. The molecule has 3 rings (SSSR count). The number of thiazole rings is 1. The number of hydrogen-bond donors (Lipinski definition) is 1. The third kappa shape index (κ3) is 4.95. The number of nitrogens with one attached hydrogen (secondary N) is 1. The minimum Gasteiger partial charge on any atom is -0.497 e. The van der Waals surface area contributed by atoms with E-state index >= 15 is 0 Å². The van der Waals surface area contributed by atoms with Gasteiger partial charge in [0.05, 0.1) is 25.3 Å². The van der Waals surface area contributed by atoms with Crippen molar-refractivity contribution in [3.63, 3.8) is 0 Å². The summed E-state index contributed by atoms with van der Waals surface area (Å²) in [5.74, 6) is 0.584. The van der Waals surface area contributed by atoms with Gasteiger partial charge >= 0.3 is 0 Å². The van der Waals surface area contributed by atoms with E-state index in [9.17, 15) is 9.18 Å². The molecule has 1 amide bonds. The molecule has 1 unspecified atom stereocenters. The lowest BCUT2D eigenvalue weighted by Gasteiger charge is -2.22. The van der Waals surface area contributed by atoms with E-state index in [2.05, 4.69) is 10.3 Å². The van der Waals surface area contributed by atoms with Crippen molar-refractivity contribution in [1.82, 2.24) is 10.3 Å². The van der Waals surface area contributed by atoms with Crippen molar-refractivity contribution in [3.8, 4) is 16.3 Å². The smallest absolute Gasteiger partial charge is 0.226 e. The molecule has 1 N–H and O–H groups in total. The normalized spacial score (nSPS) is 12.0. The summed E-state index contributed by atoms with van der Waals surface area (Å²) in [7, 11) is 1.63. The number of carbonyl (C=O) groups excluding carboxylic acids is 1. The Morgan fingerprint density at radius 1 is 1.14 bits per heavy atom. The lowest BCUT2D eigenvalue weighted by atomic mass is 9.96. The molecule has 0 aliphatic heterocycles. The quantitative estimate of drug-likeness (QED) is 0.608. The Bertz CT molecular complexity index is 920. The highest BCUT2D eigenvalue weighted by atomic mass is 32.1. The van der Waals surface area contributed by atoms with E-state index in [4.69, 9.17) is 4.74 Å². The lowest BCUT2D eigenvalue weighted by molar-refractivity contribution is -0.121. The summed E-state index contributed by atoms with van der Waals surface area (Å²) in [6.45, 7) is 4.05. The Kier molecular flexibility index (Phi) is 6.41. The van der Waals surface area contributed by atoms with Crippen molar-refractivity contribution in [1.29, 1.82) is 0 Å². The molecule has 0 aliphatic carbocycles. The Morgan fingerprint density at radius 2 is 1.82 bits per heavy atom. The fourth-order valence-corrected chi connectivity index (χ4v) is 3.77. The Labute approximate surface area is 168 Å². The first-order chi connectivity index (χ1) is 13.5. The number of benzene rings is 2. The van der Waals surface area contributed by atoms with Gasteiger partial charge in [0, 0.05) is 10.9 Å². The van der Waals surface area contributed by atoms with Crippen LogP contribution in [0, 0.1) is 11.7 Å². The van der Waals surface area contributed by atoms with Gasteiger partial charge in [0.25, 0.3) is 0 Å². The van der Waals surface area contributed by atoms with Crippen LogP contribution in [0.4, 0.5) is 4.39 Å². The van der Waals surface area contributed by atoms with Crippen molar-refractivity contribution < 1.29 is 13.9 Å². The topological polar surface area (TPSA) is 51.2 Å². The van der Waals surface area contributed by atoms with Crippen LogP contribution in [0.1, 0.15) is 31.1 Å². The van der Waals surface area contributed by atoms with Crippen LogP contribution in [0.3, 0.4) is 0 Å². The van der Waals surface area contributed by atoms with E-state index in [0.29, 0.717) is 0 Å². The maximum Gasteiger partial charge on any atom is 0.226 e. The third-order valence-electron chi connectivity index (χ3n) is 4.44. The molecular formula is C22H23FN2O2S. The first-order valence-electron chi connectivity index (χ1n) is 9.10. The van der Waals surface area contributed by atoms with Gasteiger partial charge in [-0.3, -0.25) is 4.79 Å². The monoisotopic (exact) mass is 398 g/mol. The minimum atomic E-state index is -0.286. The maximum absolute atomic E-state index is 13.2. The largest absolute Gasteiger partial charge is 0.497 e. The van der Waals surface area contributed by atoms with Crippen LogP contribution in [-0.4, -0.2) is 18.0 Å². The molecule has 1 aromatic heterocycles. The Balaban J connectivity index is 1.66. The number of hydrogen-bond acceptors (Lipinski definition) is 4. The zero-order valence-corrected chi connectivity index (χ0v) is 16.9. The van der Waals surface area contributed by atoms with Gasteiger partial charge in [-0.05, 0) is 47.9 Å². The molecular weight excluding hydrogens is 375 g/mol. The lowest BCUT2D eigenvalue weighted by Crippen LogP contribution is -2.32. The summed E-state index contributed by atoms with van der Waals surface area (Å²) in [6, 6.07) is 13.8. The predicted molar refractivity (Wildman–Crippen MR) is 110 cm³/mol. The molecule has 146 valence electrons. The van der Waals surface area contributed by atoms with Gasteiger partial charge in [-0.1, -0.05) is 26.0 Å². The van der Waals surface area contributed by atoms with Gasteiger partial charge < -0.3 is 10.1 Å². The highest BCUT2D eigenvalue weighted by Crippen LogP contribution is 2.26. The second-order valence-corrected chi connectivity index (χ2v) is 7.75. The van der Waals surface area contributed by atoms with Gasteiger partial charge in [0.15, 0.2) is 0 Å². The molecule has 2 aromatic carbocycles. The van der Waals surface area contributed by atoms with Crippen LogP contribution in [-0.2, 0) is 11.2 Å². The summed E-state index contributed by atoms with van der Waals surface area (Å²) in [5, 5.41) is 5.82. The van der Waals surface area contributed by atoms with Crippen molar-refractivity contribution in [2.45, 2.75) is 26.3 Å². The summed E-state index contributed by atoms with van der Waals surface area (Å²) in [6.07, 6.45) is 0.205. The molecule has 1 heterocycles. The van der Waals surface area contributed by atoms with E-state index in [1.54, 1.807) is 19.2 Å². The Morgan fingerprint density at radius 3 is 2.43 bits per heavy atom. The number of rotatable bonds is 7.